The van der Waals surface area contributed by atoms with Crippen molar-refractivity contribution in [3.63, 3.8) is 0 Å². The first-order valence-corrected chi connectivity index (χ1v) is 8.10. The van der Waals surface area contributed by atoms with E-state index in [2.05, 4.69) is 6.92 Å². The molecule has 0 atom stereocenters. The zero-order valence-electron chi connectivity index (χ0n) is 14.1. The summed E-state index contributed by atoms with van der Waals surface area (Å²) in [4.78, 5) is 26.3. The summed E-state index contributed by atoms with van der Waals surface area (Å²) in [5, 5.41) is 9.26. The number of amides is 2. The summed E-state index contributed by atoms with van der Waals surface area (Å²) in [6, 6.07) is 6.61. The van der Waals surface area contributed by atoms with Crippen LogP contribution in [0, 0.1) is 0 Å². The maximum atomic E-state index is 12.2. The van der Waals surface area contributed by atoms with Gasteiger partial charge in [-0.15, -0.1) is 0 Å². The maximum absolute atomic E-state index is 12.2. The third-order valence-electron chi connectivity index (χ3n) is 3.43. The number of hydrogen-bond donors (Lipinski definition) is 1. The zero-order valence-corrected chi connectivity index (χ0v) is 14.1. The molecule has 128 valence electrons. The first kappa shape index (κ1) is 18.8. The zero-order chi connectivity index (χ0) is 17.2. The van der Waals surface area contributed by atoms with Crippen LogP contribution in [0.3, 0.4) is 0 Å². The molecule has 0 bridgehead atoms. The fraction of sp³-hybridized carbons (Fsp3) is 0.529. The molecule has 6 nitrogen and oxygen atoms in total. The Morgan fingerprint density at radius 2 is 1.87 bits per heavy atom. The lowest BCUT2D eigenvalue weighted by Gasteiger charge is -2.21. The van der Waals surface area contributed by atoms with E-state index in [-0.39, 0.29) is 0 Å². The van der Waals surface area contributed by atoms with Crippen molar-refractivity contribution in [2.45, 2.75) is 40.0 Å². The minimum absolute atomic E-state index is 0.352. The summed E-state index contributed by atoms with van der Waals surface area (Å²) in [6.07, 6.45) is 1.21. The number of hydrogen-bond acceptors (Lipinski definition) is 3. The third kappa shape index (κ3) is 5.81. The second-order valence-corrected chi connectivity index (χ2v) is 5.23. The second kappa shape index (κ2) is 9.71. The van der Waals surface area contributed by atoms with E-state index in [1.54, 1.807) is 29.2 Å². The minimum atomic E-state index is -1.02. The van der Waals surface area contributed by atoms with Gasteiger partial charge in [0.05, 0.1) is 5.69 Å². The lowest BCUT2D eigenvalue weighted by atomic mass is 10.2. The average molecular weight is 322 g/mol. The van der Waals surface area contributed by atoms with Gasteiger partial charge in [0.25, 0.3) is 0 Å². The summed E-state index contributed by atoms with van der Waals surface area (Å²) >= 11 is 0. The van der Waals surface area contributed by atoms with Gasteiger partial charge in [0.15, 0.2) is 0 Å². The molecule has 0 radical (unpaired) electrons. The molecule has 0 aliphatic carbocycles. The number of carbonyl (C=O) groups excluding carboxylic acids is 1. The summed E-state index contributed by atoms with van der Waals surface area (Å²) in [7, 11) is 0. The van der Waals surface area contributed by atoms with Gasteiger partial charge in [0, 0.05) is 25.7 Å². The lowest BCUT2D eigenvalue weighted by molar-refractivity contribution is 0.154. The van der Waals surface area contributed by atoms with Crippen LogP contribution in [0.2, 0.25) is 0 Å². The van der Waals surface area contributed by atoms with Gasteiger partial charge in [-0.25, -0.2) is 9.59 Å². The molecule has 2 amide bonds. The highest BCUT2D eigenvalue weighted by atomic mass is 16.6. The highest BCUT2D eigenvalue weighted by Gasteiger charge is 2.16. The second-order valence-electron chi connectivity index (χ2n) is 5.23. The minimum Gasteiger partial charge on any atom is -0.465 e. The molecule has 0 spiro atoms. The van der Waals surface area contributed by atoms with Gasteiger partial charge < -0.3 is 14.7 Å². The Balaban J connectivity index is 2.83. The number of benzene rings is 1. The highest BCUT2D eigenvalue weighted by Crippen LogP contribution is 2.22. The van der Waals surface area contributed by atoms with Crippen LogP contribution in [0.25, 0.3) is 0 Å². The molecule has 23 heavy (non-hydrogen) atoms. The molecule has 0 heterocycles. The van der Waals surface area contributed by atoms with Gasteiger partial charge in [-0.05, 0) is 31.9 Å². The van der Waals surface area contributed by atoms with E-state index in [1.807, 2.05) is 13.8 Å². The van der Waals surface area contributed by atoms with Gasteiger partial charge in [-0.1, -0.05) is 26.3 Å². The van der Waals surface area contributed by atoms with E-state index in [0.29, 0.717) is 37.5 Å². The quantitative estimate of drug-likeness (QED) is 0.778. The Kier molecular flexibility index (Phi) is 7.94. The lowest BCUT2D eigenvalue weighted by Crippen LogP contribution is -2.34. The number of nitrogens with zero attached hydrogens (tertiary/aromatic N) is 2. The number of unbranched alkanes of at least 4 members (excludes halogenated alkanes) is 1. The Bertz CT molecular complexity index is 519. The number of carbonyl (C=O) groups is 2. The van der Waals surface area contributed by atoms with Crippen LogP contribution in [0.15, 0.2) is 24.3 Å². The van der Waals surface area contributed by atoms with E-state index < -0.39 is 12.2 Å². The Labute approximate surface area is 137 Å². The van der Waals surface area contributed by atoms with Crippen molar-refractivity contribution in [2.75, 3.05) is 24.5 Å². The van der Waals surface area contributed by atoms with Crippen molar-refractivity contribution in [1.82, 2.24) is 4.90 Å². The van der Waals surface area contributed by atoms with Crippen LogP contribution < -0.4 is 9.64 Å². The smallest absolute Gasteiger partial charge is 0.415 e. The van der Waals surface area contributed by atoms with E-state index in [9.17, 15) is 14.7 Å². The third-order valence-corrected chi connectivity index (χ3v) is 3.43. The number of anilines is 1. The van der Waals surface area contributed by atoms with Gasteiger partial charge in [-0.3, -0.25) is 4.90 Å². The number of carboxylic acid groups (broad SMARTS) is 1. The SMILES string of the molecule is CCCCN(CC)C(=O)Oc1cccc(N(CCC)C(=O)O)c1. The molecule has 0 unspecified atom stereocenters. The topological polar surface area (TPSA) is 70.1 Å². The van der Waals surface area contributed by atoms with Crippen molar-refractivity contribution in [3.05, 3.63) is 24.3 Å². The van der Waals surface area contributed by atoms with Crippen LogP contribution in [0.4, 0.5) is 15.3 Å². The molecule has 0 aromatic heterocycles. The van der Waals surface area contributed by atoms with Crippen LogP contribution >= 0.6 is 0 Å². The number of ether oxygens (including phenoxy) is 1. The molecule has 1 rings (SSSR count). The molecular formula is C17H26N2O4. The largest absolute Gasteiger partial charge is 0.465 e. The summed E-state index contributed by atoms with van der Waals surface area (Å²) < 4.78 is 5.38. The van der Waals surface area contributed by atoms with Crippen LogP contribution in [-0.2, 0) is 0 Å². The average Bonchev–Trinajstić information content (AvgIpc) is 2.53. The fourth-order valence-corrected chi connectivity index (χ4v) is 2.17. The summed E-state index contributed by atoms with van der Waals surface area (Å²) in [5.74, 6) is 0.352. The Morgan fingerprint density at radius 3 is 2.43 bits per heavy atom. The molecule has 6 heteroatoms. The van der Waals surface area contributed by atoms with Gasteiger partial charge in [-0.2, -0.15) is 0 Å². The van der Waals surface area contributed by atoms with Crippen molar-refractivity contribution < 1.29 is 19.4 Å². The molecule has 0 saturated heterocycles. The standard InChI is InChI=1S/C17H26N2O4/c1-4-7-12-18(6-3)17(22)23-15-10-8-9-14(13-15)19(11-5-2)16(20)21/h8-10,13H,4-7,11-12H2,1-3H3,(H,20,21). The molecule has 1 N–H and O–H groups in total. The first-order valence-electron chi connectivity index (χ1n) is 8.10. The molecule has 0 saturated carbocycles. The normalized spacial score (nSPS) is 10.2. The van der Waals surface area contributed by atoms with E-state index >= 15 is 0 Å². The fourth-order valence-electron chi connectivity index (χ4n) is 2.17. The molecule has 0 aliphatic rings. The van der Waals surface area contributed by atoms with Crippen molar-refractivity contribution in [3.8, 4) is 5.75 Å². The van der Waals surface area contributed by atoms with E-state index in [4.69, 9.17) is 4.74 Å². The Morgan fingerprint density at radius 1 is 1.13 bits per heavy atom. The van der Waals surface area contributed by atoms with Crippen LogP contribution in [-0.4, -0.2) is 41.8 Å². The molecule has 0 aliphatic heterocycles. The van der Waals surface area contributed by atoms with E-state index in [0.717, 1.165) is 12.8 Å². The van der Waals surface area contributed by atoms with E-state index in [1.165, 1.54) is 4.90 Å². The highest BCUT2D eigenvalue weighted by molar-refractivity contribution is 5.86. The van der Waals surface area contributed by atoms with Gasteiger partial charge in [0.2, 0.25) is 0 Å². The van der Waals surface area contributed by atoms with Gasteiger partial charge >= 0.3 is 12.2 Å². The predicted molar refractivity (Wildman–Crippen MR) is 90.3 cm³/mol. The van der Waals surface area contributed by atoms with Crippen molar-refractivity contribution in [2.24, 2.45) is 0 Å². The monoisotopic (exact) mass is 322 g/mol. The van der Waals surface area contributed by atoms with Crippen LogP contribution in [0.5, 0.6) is 5.75 Å². The Hall–Kier alpha value is -2.24. The summed E-state index contributed by atoms with van der Waals surface area (Å²) in [5.41, 5.74) is 0.501. The molecular weight excluding hydrogens is 296 g/mol. The van der Waals surface area contributed by atoms with Crippen molar-refractivity contribution in [1.29, 1.82) is 0 Å². The molecule has 0 fully saturated rings. The molecule has 1 aromatic rings. The van der Waals surface area contributed by atoms with Crippen LogP contribution in [0.1, 0.15) is 40.0 Å². The predicted octanol–water partition coefficient (Wildman–Crippen LogP) is 4.20. The van der Waals surface area contributed by atoms with Gasteiger partial charge in [0.1, 0.15) is 5.75 Å². The number of rotatable bonds is 8. The van der Waals surface area contributed by atoms with Crippen molar-refractivity contribution >= 4 is 17.9 Å². The summed E-state index contributed by atoms with van der Waals surface area (Å²) in [6.45, 7) is 7.51. The molecule has 1 aromatic carbocycles. The maximum Gasteiger partial charge on any atom is 0.415 e. The first-order chi connectivity index (χ1) is 11.0.